The lowest BCUT2D eigenvalue weighted by Gasteiger charge is -2.29. The van der Waals surface area contributed by atoms with Gasteiger partial charge in [-0.3, -0.25) is 4.79 Å². The molecule has 2 unspecified atom stereocenters. The first-order valence-electron chi connectivity index (χ1n) is 9.24. The number of thioether (sulfide) groups is 2. The molecule has 1 heterocycles. The van der Waals surface area contributed by atoms with Crippen LogP contribution in [0.4, 0.5) is 0 Å². The van der Waals surface area contributed by atoms with Gasteiger partial charge in [0.1, 0.15) is 11.0 Å². The molecule has 4 nitrogen and oxygen atoms in total. The van der Waals surface area contributed by atoms with Crippen molar-refractivity contribution in [3.8, 4) is 5.75 Å². The number of hydrogen-bond donors (Lipinski definition) is 0. The van der Waals surface area contributed by atoms with E-state index in [4.69, 9.17) is 17.0 Å². The van der Waals surface area contributed by atoms with E-state index in [1.54, 1.807) is 23.9 Å². The van der Waals surface area contributed by atoms with Gasteiger partial charge in [0.25, 0.3) is 5.91 Å². The molecule has 1 fully saturated rings. The van der Waals surface area contributed by atoms with Gasteiger partial charge in [-0.25, -0.2) is 10.0 Å². The largest absolute Gasteiger partial charge is 0.497 e. The van der Waals surface area contributed by atoms with Crippen molar-refractivity contribution in [2.24, 2.45) is 0 Å². The molecule has 1 saturated heterocycles. The topological polar surface area (TPSA) is 32.8 Å². The third-order valence-corrected chi connectivity index (χ3v) is 7.67. The van der Waals surface area contributed by atoms with Crippen LogP contribution < -0.4 is 4.74 Å². The third-order valence-electron chi connectivity index (χ3n) is 4.59. The lowest BCUT2D eigenvalue weighted by Crippen LogP contribution is -2.46. The Hall–Kier alpha value is -1.54. The second kappa shape index (κ2) is 9.78. The second-order valence-corrected chi connectivity index (χ2v) is 9.21. The average Bonchev–Trinajstić information content (AvgIpc) is 3.02. The Morgan fingerprint density at radius 3 is 2.36 bits per heavy atom. The first kappa shape index (κ1) is 21.2. The maximum Gasteiger partial charge on any atom is 0.257 e. The van der Waals surface area contributed by atoms with Gasteiger partial charge >= 0.3 is 0 Å². The van der Waals surface area contributed by atoms with Crippen molar-refractivity contribution >= 4 is 46.0 Å². The Balaban J connectivity index is 1.94. The SMILES string of the molecule is CCN(CC)N1C(=O)C(C(Sc2ccccc2)c2ccc(OC)cc2)SC1=S. The minimum absolute atomic E-state index is 0.0516. The molecule has 0 radical (unpaired) electrons. The highest BCUT2D eigenvalue weighted by Gasteiger charge is 2.44. The molecular weight excluding hydrogens is 408 g/mol. The van der Waals surface area contributed by atoms with Gasteiger partial charge in [-0.1, -0.05) is 68.2 Å². The van der Waals surface area contributed by atoms with Crippen LogP contribution in [-0.2, 0) is 4.79 Å². The molecule has 0 saturated carbocycles. The molecule has 0 bridgehead atoms. The average molecular weight is 433 g/mol. The summed E-state index contributed by atoms with van der Waals surface area (Å²) in [6, 6.07) is 18.1. The molecule has 0 aliphatic carbocycles. The summed E-state index contributed by atoms with van der Waals surface area (Å²) in [6.45, 7) is 5.57. The van der Waals surface area contributed by atoms with Crippen LogP contribution in [0.15, 0.2) is 59.5 Å². The number of thiocarbonyl (C=S) groups is 1. The van der Waals surface area contributed by atoms with E-state index < -0.39 is 0 Å². The minimum atomic E-state index is -0.272. The van der Waals surface area contributed by atoms with E-state index in [1.165, 1.54) is 11.8 Å². The fraction of sp³-hybridized carbons (Fsp3) is 0.333. The summed E-state index contributed by atoms with van der Waals surface area (Å²) >= 11 is 8.76. The summed E-state index contributed by atoms with van der Waals surface area (Å²) in [4.78, 5) is 14.5. The van der Waals surface area contributed by atoms with E-state index in [9.17, 15) is 4.79 Å². The number of carbonyl (C=O) groups is 1. The zero-order valence-corrected chi connectivity index (χ0v) is 18.7. The smallest absolute Gasteiger partial charge is 0.257 e. The lowest BCUT2D eigenvalue weighted by atomic mass is 10.1. The maximum absolute atomic E-state index is 13.3. The maximum atomic E-state index is 13.3. The molecule has 0 aromatic heterocycles. The fourth-order valence-electron chi connectivity index (χ4n) is 3.12. The molecular formula is C21H24N2O2S3. The number of benzene rings is 2. The van der Waals surface area contributed by atoms with Gasteiger partial charge in [0.05, 0.1) is 12.4 Å². The number of hydrazine groups is 1. The summed E-state index contributed by atoms with van der Waals surface area (Å²) < 4.78 is 5.92. The van der Waals surface area contributed by atoms with Crippen molar-refractivity contribution < 1.29 is 9.53 Å². The van der Waals surface area contributed by atoms with Crippen molar-refractivity contribution in [3.05, 3.63) is 60.2 Å². The molecule has 2 atom stereocenters. The summed E-state index contributed by atoms with van der Waals surface area (Å²) in [6.07, 6.45) is 0. The fourth-order valence-corrected chi connectivity index (χ4v) is 6.11. The van der Waals surface area contributed by atoms with E-state index in [-0.39, 0.29) is 16.4 Å². The number of nitrogens with zero attached hydrogens (tertiary/aromatic N) is 2. The number of rotatable bonds is 8. The molecule has 1 amide bonds. The van der Waals surface area contributed by atoms with Crippen LogP contribution >= 0.6 is 35.7 Å². The summed E-state index contributed by atoms with van der Waals surface area (Å²) in [5.41, 5.74) is 1.09. The van der Waals surface area contributed by atoms with Gasteiger partial charge in [-0.05, 0) is 29.8 Å². The Labute approximate surface area is 180 Å². The highest BCUT2D eigenvalue weighted by atomic mass is 32.2. The van der Waals surface area contributed by atoms with Gasteiger partial charge in [0, 0.05) is 18.0 Å². The molecule has 2 aromatic rings. The predicted molar refractivity (Wildman–Crippen MR) is 122 cm³/mol. The van der Waals surface area contributed by atoms with Crippen molar-refractivity contribution in [2.45, 2.75) is 29.2 Å². The van der Waals surface area contributed by atoms with E-state index in [0.717, 1.165) is 29.3 Å². The Morgan fingerprint density at radius 2 is 1.79 bits per heavy atom. The molecule has 2 aromatic carbocycles. The first-order chi connectivity index (χ1) is 13.6. The molecule has 0 spiro atoms. The van der Waals surface area contributed by atoms with Crippen molar-refractivity contribution in [3.63, 3.8) is 0 Å². The normalized spacial score (nSPS) is 18.0. The Bertz CT molecular complexity index is 810. The quantitative estimate of drug-likeness (QED) is 0.430. The highest BCUT2D eigenvalue weighted by molar-refractivity contribution is 8.24. The number of methoxy groups -OCH3 is 1. The van der Waals surface area contributed by atoms with Crippen LogP contribution in [0.5, 0.6) is 5.75 Å². The van der Waals surface area contributed by atoms with Crippen molar-refractivity contribution in [1.82, 2.24) is 10.0 Å². The predicted octanol–water partition coefficient (Wildman–Crippen LogP) is 5.01. The van der Waals surface area contributed by atoms with Crippen molar-refractivity contribution in [1.29, 1.82) is 0 Å². The van der Waals surface area contributed by atoms with Gasteiger partial charge in [-0.15, -0.1) is 11.8 Å². The molecule has 0 N–H and O–H groups in total. The number of carbonyl (C=O) groups excluding carboxylic acids is 1. The second-order valence-electron chi connectivity index (χ2n) is 6.22. The molecule has 3 rings (SSSR count). The van der Waals surface area contributed by atoms with Gasteiger partial charge in [-0.2, -0.15) is 0 Å². The van der Waals surface area contributed by atoms with Crippen LogP contribution in [0.1, 0.15) is 24.7 Å². The Kier molecular flexibility index (Phi) is 7.40. The van der Waals surface area contributed by atoms with Crippen LogP contribution in [0, 0.1) is 0 Å². The molecule has 28 heavy (non-hydrogen) atoms. The Morgan fingerprint density at radius 1 is 1.14 bits per heavy atom. The molecule has 1 aliphatic heterocycles. The van der Waals surface area contributed by atoms with Crippen LogP contribution in [0.2, 0.25) is 0 Å². The first-order valence-corrected chi connectivity index (χ1v) is 11.4. The van der Waals surface area contributed by atoms with Gasteiger partial charge in [0.15, 0.2) is 4.32 Å². The summed E-state index contributed by atoms with van der Waals surface area (Å²) in [5, 5.41) is 3.36. The van der Waals surface area contributed by atoms with Crippen LogP contribution in [-0.4, -0.2) is 45.7 Å². The minimum Gasteiger partial charge on any atom is -0.497 e. The summed E-state index contributed by atoms with van der Waals surface area (Å²) in [5.74, 6) is 0.862. The summed E-state index contributed by atoms with van der Waals surface area (Å²) in [7, 11) is 1.65. The standard InChI is InChI=1S/C21H24N2O2S3/c1-4-22(5-2)23-20(24)19(28-21(23)26)18(27-17-9-7-6-8-10-17)15-11-13-16(25-3)14-12-15/h6-14,18-19H,4-5H2,1-3H3. The number of amides is 1. The van der Waals surface area contributed by atoms with E-state index in [0.29, 0.717) is 4.32 Å². The van der Waals surface area contributed by atoms with E-state index in [2.05, 4.69) is 12.1 Å². The van der Waals surface area contributed by atoms with Crippen molar-refractivity contribution in [2.75, 3.05) is 20.2 Å². The van der Waals surface area contributed by atoms with E-state index >= 15 is 0 Å². The number of hydrogen-bond acceptors (Lipinski definition) is 6. The lowest BCUT2D eigenvalue weighted by molar-refractivity contribution is -0.137. The van der Waals surface area contributed by atoms with Gasteiger partial charge < -0.3 is 4.74 Å². The zero-order chi connectivity index (χ0) is 20.1. The van der Waals surface area contributed by atoms with E-state index in [1.807, 2.05) is 61.3 Å². The molecule has 7 heteroatoms. The third kappa shape index (κ3) is 4.54. The molecule has 148 valence electrons. The highest BCUT2D eigenvalue weighted by Crippen LogP contribution is 2.46. The zero-order valence-electron chi connectivity index (χ0n) is 16.2. The molecule has 1 aliphatic rings. The van der Waals surface area contributed by atoms with Crippen LogP contribution in [0.3, 0.4) is 0 Å². The van der Waals surface area contributed by atoms with Crippen LogP contribution in [0.25, 0.3) is 0 Å². The monoisotopic (exact) mass is 432 g/mol. The van der Waals surface area contributed by atoms with Gasteiger partial charge in [0.2, 0.25) is 0 Å². The number of ether oxygens (including phenoxy) is 1.